The molecule has 0 bridgehead atoms. The molecule has 0 aromatic heterocycles. The Kier molecular flexibility index (Phi) is 6.06. The number of nitrogens with one attached hydrogen (secondary N) is 1. The van der Waals surface area contributed by atoms with Gasteiger partial charge in [-0.25, -0.2) is 0 Å². The second kappa shape index (κ2) is 8.04. The fourth-order valence-electron chi connectivity index (χ4n) is 3.37. The molecule has 6 nitrogen and oxygen atoms in total. The molecule has 1 aliphatic rings. The molecule has 0 unspecified atom stereocenters. The second-order valence-electron chi connectivity index (χ2n) is 6.11. The van der Waals surface area contributed by atoms with Crippen LogP contribution in [0.5, 0.6) is 11.5 Å². The highest BCUT2D eigenvalue weighted by atomic mass is 16.5. The average Bonchev–Trinajstić information content (AvgIpc) is 3.08. The lowest BCUT2D eigenvalue weighted by Crippen LogP contribution is -2.43. The Morgan fingerprint density at radius 1 is 1.17 bits per heavy atom. The minimum atomic E-state index is -0.847. The summed E-state index contributed by atoms with van der Waals surface area (Å²) in [5, 5.41) is 11.6. The minimum absolute atomic E-state index is 0.0300. The van der Waals surface area contributed by atoms with E-state index in [4.69, 9.17) is 14.6 Å². The zero-order valence-corrected chi connectivity index (χ0v) is 14.3. The minimum Gasteiger partial charge on any atom is -0.493 e. The first kappa shape index (κ1) is 18.1. The van der Waals surface area contributed by atoms with Crippen molar-refractivity contribution in [1.82, 2.24) is 5.32 Å². The summed E-state index contributed by atoms with van der Waals surface area (Å²) in [6.07, 6.45) is 4.06. The van der Waals surface area contributed by atoms with Crippen LogP contribution in [0.4, 0.5) is 0 Å². The van der Waals surface area contributed by atoms with Crippen LogP contribution in [-0.4, -0.2) is 37.7 Å². The molecule has 2 rings (SSSR count). The number of methoxy groups -OCH3 is 2. The predicted molar refractivity (Wildman–Crippen MR) is 89.6 cm³/mol. The average molecular weight is 335 g/mol. The van der Waals surface area contributed by atoms with Gasteiger partial charge < -0.3 is 19.9 Å². The van der Waals surface area contributed by atoms with E-state index in [2.05, 4.69) is 5.32 Å². The maximum Gasteiger partial charge on any atom is 0.303 e. The molecule has 1 saturated carbocycles. The summed E-state index contributed by atoms with van der Waals surface area (Å²) in [5.74, 6) is 0.369. The molecule has 2 N–H and O–H groups in total. The van der Waals surface area contributed by atoms with Gasteiger partial charge in [-0.05, 0) is 37.0 Å². The van der Waals surface area contributed by atoms with Crippen molar-refractivity contribution in [3.05, 3.63) is 23.8 Å². The van der Waals surface area contributed by atoms with E-state index in [1.165, 1.54) is 0 Å². The van der Waals surface area contributed by atoms with Crippen molar-refractivity contribution in [2.45, 2.75) is 43.9 Å². The van der Waals surface area contributed by atoms with Gasteiger partial charge in [0, 0.05) is 13.0 Å². The van der Waals surface area contributed by atoms with Gasteiger partial charge in [-0.2, -0.15) is 0 Å². The van der Waals surface area contributed by atoms with Crippen LogP contribution in [0.25, 0.3) is 0 Å². The number of benzene rings is 1. The monoisotopic (exact) mass is 335 g/mol. The van der Waals surface area contributed by atoms with E-state index < -0.39 is 11.4 Å². The molecule has 24 heavy (non-hydrogen) atoms. The first-order chi connectivity index (χ1) is 11.5. The standard InChI is InChI=1S/C18H25NO5/c1-23-14-8-7-13(12-15(14)24-2)18(9-3-4-10-18)17(22)19-11-5-6-16(20)21/h7-8,12H,3-6,9-11H2,1-2H3,(H,19,22)(H,20,21). The van der Waals surface area contributed by atoms with E-state index in [1.807, 2.05) is 18.2 Å². The number of carboxylic acid groups (broad SMARTS) is 1. The number of carbonyl (C=O) groups is 2. The molecule has 0 radical (unpaired) electrons. The van der Waals surface area contributed by atoms with Crippen molar-refractivity contribution in [2.75, 3.05) is 20.8 Å². The topological polar surface area (TPSA) is 84.9 Å². The van der Waals surface area contributed by atoms with Gasteiger partial charge in [0.25, 0.3) is 0 Å². The van der Waals surface area contributed by atoms with Gasteiger partial charge in [0.15, 0.2) is 11.5 Å². The van der Waals surface area contributed by atoms with Crippen molar-refractivity contribution >= 4 is 11.9 Å². The van der Waals surface area contributed by atoms with Crippen molar-refractivity contribution in [3.63, 3.8) is 0 Å². The number of carboxylic acids is 1. The Balaban J connectivity index is 2.18. The molecule has 0 saturated heterocycles. The van der Waals surface area contributed by atoms with Crippen molar-refractivity contribution < 1.29 is 24.2 Å². The van der Waals surface area contributed by atoms with Crippen molar-refractivity contribution in [1.29, 1.82) is 0 Å². The smallest absolute Gasteiger partial charge is 0.303 e. The Hall–Kier alpha value is -2.24. The van der Waals surface area contributed by atoms with Crippen LogP contribution in [0.2, 0.25) is 0 Å². The molecule has 132 valence electrons. The van der Waals surface area contributed by atoms with Crippen LogP contribution in [0, 0.1) is 0 Å². The normalized spacial score (nSPS) is 15.8. The number of amides is 1. The summed E-state index contributed by atoms with van der Waals surface area (Å²) >= 11 is 0. The maximum atomic E-state index is 12.8. The molecule has 1 fully saturated rings. The van der Waals surface area contributed by atoms with Gasteiger partial charge in [0.05, 0.1) is 19.6 Å². The zero-order valence-electron chi connectivity index (χ0n) is 14.3. The van der Waals surface area contributed by atoms with E-state index in [9.17, 15) is 9.59 Å². The number of carbonyl (C=O) groups excluding carboxylic acids is 1. The summed E-state index contributed by atoms with van der Waals surface area (Å²) in [6, 6.07) is 5.62. The summed E-state index contributed by atoms with van der Waals surface area (Å²) in [5.41, 5.74) is 0.358. The van der Waals surface area contributed by atoms with Gasteiger partial charge in [0.1, 0.15) is 0 Å². The number of hydrogen-bond acceptors (Lipinski definition) is 4. The highest BCUT2D eigenvalue weighted by Crippen LogP contribution is 2.43. The third-order valence-electron chi connectivity index (χ3n) is 4.68. The number of hydrogen-bond donors (Lipinski definition) is 2. The highest BCUT2D eigenvalue weighted by Gasteiger charge is 2.42. The zero-order chi connectivity index (χ0) is 17.6. The van der Waals surface area contributed by atoms with Gasteiger partial charge in [-0.15, -0.1) is 0 Å². The van der Waals surface area contributed by atoms with Gasteiger partial charge in [-0.3, -0.25) is 9.59 Å². The summed E-state index contributed by atoms with van der Waals surface area (Å²) in [4.78, 5) is 23.4. The Morgan fingerprint density at radius 3 is 2.42 bits per heavy atom. The fraction of sp³-hybridized carbons (Fsp3) is 0.556. The SMILES string of the molecule is COc1ccc(C2(C(=O)NCCCC(=O)O)CCCC2)cc1OC. The van der Waals surface area contributed by atoms with E-state index in [0.717, 1.165) is 31.2 Å². The Bertz CT molecular complexity index is 593. The van der Waals surface area contributed by atoms with Crippen LogP contribution >= 0.6 is 0 Å². The summed E-state index contributed by atoms with van der Waals surface area (Å²) < 4.78 is 10.6. The lowest BCUT2D eigenvalue weighted by Gasteiger charge is -2.29. The van der Waals surface area contributed by atoms with Gasteiger partial charge in [0.2, 0.25) is 5.91 Å². The second-order valence-corrected chi connectivity index (χ2v) is 6.11. The van der Waals surface area contributed by atoms with E-state index in [0.29, 0.717) is 24.5 Å². The predicted octanol–water partition coefficient (Wildman–Crippen LogP) is 2.50. The molecule has 1 aromatic carbocycles. The third-order valence-corrected chi connectivity index (χ3v) is 4.68. The molecule has 1 amide bonds. The Labute approximate surface area is 142 Å². The third kappa shape index (κ3) is 3.80. The van der Waals surface area contributed by atoms with Crippen molar-refractivity contribution in [2.24, 2.45) is 0 Å². The number of rotatable bonds is 8. The summed E-state index contributed by atoms with van der Waals surface area (Å²) in [7, 11) is 3.16. The largest absolute Gasteiger partial charge is 0.493 e. The molecular formula is C18H25NO5. The number of ether oxygens (including phenoxy) is 2. The highest BCUT2D eigenvalue weighted by molar-refractivity contribution is 5.88. The molecule has 0 atom stereocenters. The van der Waals surface area contributed by atoms with Crippen LogP contribution in [0.15, 0.2) is 18.2 Å². The maximum absolute atomic E-state index is 12.8. The molecule has 0 aliphatic heterocycles. The fourth-order valence-corrected chi connectivity index (χ4v) is 3.37. The van der Waals surface area contributed by atoms with Crippen LogP contribution < -0.4 is 14.8 Å². The summed E-state index contributed by atoms with van der Waals surface area (Å²) in [6.45, 7) is 0.375. The van der Waals surface area contributed by atoms with Crippen LogP contribution in [0.1, 0.15) is 44.1 Å². The van der Waals surface area contributed by atoms with E-state index in [1.54, 1.807) is 14.2 Å². The van der Waals surface area contributed by atoms with E-state index >= 15 is 0 Å². The van der Waals surface area contributed by atoms with Gasteiger partial charge in [-0.1, -0.05) is 18.9 Å². The number of aliphatic carboxylic acids is 1. The molecule has 0 heterocycles. The molecule has 6 heteroatoms. The molecule has 0 spiro atoms. The van der Waals surface area contributed by atoms with Crippen LogP contribution in [0.3, 0.4) is 0 Å². The Morgan fingerprint density at radius 2 is 1.83 bits per heavy atom. The van der Waals surface area contributed by atoms with Crippen molar-refractivity contribution in [3.8, 4) is 11.5 Å². The van der Waals surface area contributed by atoms with Gasteiger partial charge >= 0.3 is 5.97 Å². The lowest BCUT2D eigenvalue weighted by molar-refractivity contribution is -0.137. The molecule has 1 aromatic rings. The quantitative estimate of drug-likeness (QED) is 0.713. The molecule has 1 aliphatic carbocycles. The first-order valence-electron chi connectivity index (χ1n) is 8.26. The van der Waals surface area contributed by atoms with Crippen LogP contribution in [-0.2, 0) is 15.0 Å². The first-order valence-corrected chi connectivity index (χ1v) is 8.26. The lowest BCUT2D eigenvalue weighted by atomic mass is 9.77. The van der Waals surface area contributed by atoms with E-state index in [-0.39, 0.29) is 12.3 Å². The molecular weight excluding hydrogens is 310 g/mol.